The van der Waals surface area contributed by atoms with Gasteiger partial charge in [0, 0.05) is 10.7 Å². The largest absolute Gasteiger partial charge is 0.454 e. The molecule has 0 fully saturated rings. The summed E-state index contributed by atoms with van der Waals surface area (Å²) in [6, 6.07) is 13.7. The summed E-state index contributed by atoms with van der Waals surface area (Å²) in [7, 11) is 0. The molecule has 0 aliphatic carbocycles. The number of hydrogen-bond donors (Lipinski definition) is 1. The molecule has 5 nitrogen and oxygen atoms in total. The first kappa shape index (κ1) is 14.9. The first-order valence-corrected chi connectivity index (χ1v) is 7.12. The zero-order valence-corrected chi connectivity index (χ0v) is 12.6. The van der Waals surface area contributed by atoms with Gasteiger partial charge in [0.2, 0.25) is 6.79 Å². The predicted molar refractivity (Wildman–Crippen MR) is 86.2 cm³/mol. The molecule has 2 aromatic rings. The van der Waals surface area contributed by atoms with Crippen LogP contribution in [0.15, 0.2) is 48.0 Å². The molecule has 1 N–H and O–H groups in total. The van der Waals surface area contributed by atoms with Gasteiger partial charge in [0.1, 0.15) is 11.6 Å². The van der Waals surface area contributed by atoms with E-state index in [9.17, 15) is 10.1 Å². The first-order valence-electron chi connectivity index (χ1n) is 6.74. The average molecular weight is 327 g/mol. The van der Waals surface area contributed by atoms with Crippen molar-refractivity contribution in [2.45, 2.75) is 0 Å². The van der Waals surface area contributed by atoms with Gasteiger partial charge in [0.05, 0.1) is 0 Å². The predicted octanol–water partition coefficient (Wildman–Crippen LogP) is 3.61. The van der Waals surface area contributed by atoms with Crippen molar-refractivity contribution < 1.29 is 14.3 Å². The molecule has 0 atom stereocenters. The van der Waals surface area contributed by atoms with Gasteiger partial charge in [0.15, 0.2) is 11.5 Å². The molecule has 0 saturated carbocycles. The number of benzene rings is 2. The van der Waals surface area contributed by atoms with Crippen molar-refractivity contribution in [3.63, 3.8) is 0 Å². The smallest absolute Gasteiger partial charge is 0.266 e. The maximum absolute atomic E-state index is 12.2. The summed E-state index contributed by atoms with van der Waals surface area (Å²) < 4.78 is 10.5. The lowest BCUT2D eigenvalue weighted by atomic mass is 10.1. The molecular formula is C17H11ClN2O3. The van der Waals surface area contributed by atoms with E-state index in [-0.39, 0.29) is 12.4 Å². The molecule has 23 heavy (non-hydrogen) atoms. The Hall–Kier alpha value is -2.97. The van der Waals surface area contributed by atoms with E-state index in [2.05, 4.69) is 5.32 Å². The Morgan fingerprint density at radius 2 is 1.91 bits per heavy atom. The highest BCUT2D eigenvalue weighted by atomic mass is 35.5. The van der Waals surface area contributed by atoms with Gasteiger partial charge in [0.25, 0.3) is 5.91 Å². The summed E-state index contributed by atoms with van der Waals surface area (Å²) in [6.45, 7) is 0.171. The molecule has 0 aromatic heterocycles. The lowest BCUT2D eigenvalue weighted by molar-refractivity contribution is -0.112. The Kier molecular flexibility index (Phi) is 4.18. The van der Waals surface area contributed by atoms with E-state index in [1.54, 1.807) is 42.5 Å². The number of anilines is 1. The minimum atomic E-state index is -0.493. The maximum Gasteiger partial charge on any atom is 0.266 e. The van der Waals surface area contributed by atoms with E-state index in [1.165, 1.54) is 6.08 Å². The van der Waals surface area contributed by atoms with Crippen LogP contribution in [0.5, 0.6) is 11.5 Å². The molecule has 1 aliphatic rings. The number of halogens is 1. The monoisotopic (exact) mass is 326 g/mol. The molecule has 0 saturated heterocycles. The lowest BCUT2D eigenvalue weighted by Crippen LogP contribution is -2.13. The number of carbonyl (C=O) groups is 1. The van der Waals surface area contributed by atoms with Gasteiger partial charge in [-0.3, -0.25) is 4.79 Å². The minimum Gasteiger partial charge on any atom is -0.454 e. The van der Waals surface area contributed by atoms with Crippen molar-refractivity contribution in [1.82, 2.24) is 0 Å². The van der Waals surface area contributed by atoms with Crippen LogP contribution in [-0.4, -0.2) is 12.7 Å². The van der Waals surface area contributed by atoms with Gasteiger partial charge >= 0.3 is 0 Å². The molecular weight excluding hydrogens is 316 g/mol. The van der Waals surface area contributed by atoms with Gasteiger partial charge in [-0.05, 0) is 48.0 Å². The van der Waals surface area contributed by atoms with Crippen LogP contribution in [0.1, 0.15) is 5.56 Å². The van der Waals surface area contributed by atoms with E-state index < -0.39 is 5.91 Å². The van der Waals surface area contributed by atoms with Crippen molar-refractivity contribution in [1.29, 1.82) is 5.26 Å². The number of hydrogen-bond acceptors (Lipinski definition) is 4. The number of ether oxygens (including phenoxy) is 2. The second kappa shape index (κ2) is 6.42. The molecule has 6 heteroatoms. The lowest BCUT2D eigenvalue weighted by Gasteiger charge is -2.04. The minimum absolute atomic E-state index is 0.0150. The Morgan fingerprint density at radius 1 is 1.17 bits per heavy atom. The summed E-state index contributed by atoms with van der Waals surface area (Å²) in [5.74, 6) is 0.743. The first-order chi connectivity index (χ1) is 11.2. The van der Waals surface area contributed by atoms with Crippen LogP contribution in [-0.2, 0) is 4.79 Å². The van der Waals surface area contributed by atoms with Crippen LogP contribution < -0.4 is 14.8 Å². The quantitative estimate of drug-likeness (QED) is 0.691. The van der Waals surface area contributed by atoms with Crippen LogP contribution in [0.3, 0.4) is 0 Å². The van der Waals surface area contributed by atoms with Gasteiger partial charge in [-0.25, -0.2) is 0 Å². The van der Waals surface area contributed by atoms with Crippen molar-refractivity contribution >= 4 is 29.3 Å². The zero-order valence-electron chi connectivity index (χ0n) is 11.9. The highest BCUT2D eigenvalue weighted by Crippen LogP contribution is 2.33. The van der Waals surface area contributed by atoms with Gasteiger partial charge in [-0.1, -0.05) is 17.7 Å². The maximum atomic E-state index is 12.2. The number of fused-ring (bicyclic) bond motifs is 1. The average Bonchev–Trinajstić information content (AvgIpc) is 3.02. The molecule has 0 unspecified atom stereocenters. The summed E-state index contributed by atoms with van der Waals surface area (Å²) in [4.78, 5) is 12.2. The third-order valence-corrected chi connectivity index (χ3v) is 3.43. The SMILES string of the molecule is N#C/C(=C\c1ccc2c(c1)OCO2)C(=O)Nc1ccc(Cl)cc1. The third kappa shape index (κ3) is 3.44. The molecule has 114 valence electrons. The van der Waals surface area contributed by atoms with Crippen LogP contribution in [0.2, 0.25) is 5.02 Å². The third-order valence-electron chi connectivity index (χ3n) is 3.17. The summed E-state index contributed by atoms with van der Waals surface area (Å²) >= 11 is 5.79. The van der Waals surface area contributed by atoms with Gasteiger partial charge in [-0.2, -0.15) is 5.26 Å². The Bertz CT molecular complexity index is 823. The van der Waals surface area contributed by atoms with Gasteiger partial charge in [-0.15, -0.1) is 0 Å². The van der Waals surface area contributed by atoms with Crippen molar-refractivity contribution in [2.24, 2.45) is 0 Å². The fourth-order valence-electron chi connectivity index (χ4n) is 2.05. The summed E-state index contributed by atoms with van der Waals surface area (Å²) in [5.41, 5.74) is 1.22. The second-order valence-electron chi connectivity index (χ2n) is 4.74. The van der Waals surface area contributed by atoms with E-state index in [1.807, 2.05) is 6.07 Å². The molecule has 1 amide bonds. The Morgan fingerprint density at radius 3 is 2.65 bits per heavy atom. The van der Waals surface area contributed by atoms with E-state index >= 15 is 0 Å². The molecule has 1 aliphatic heterocycles. The fourth-order valence-corrected chi connectivity index (χ4v) is 2.18. The molecule has 0 radical (unpaired) electrons. The summed E-state index contributed by atoms with van der Waals surface area (Å²) in [5, 5.41) is 12.4. The highest BCUT2D eigenvalue weighted by molar-refractivity contribution is 6.30. The topological polar surface area (TPSA) is 71.3 Å². The second-order valence-corrected chi connectivity index (χ2v) is 5.18. The van der Waals surface area contributed by atoms with Crippen LogP contribution >= 0.6 is 11.6 Å². The number of amides is 1. The van der Waals surface area contributed by atoms with E-state index in [0.717, 1.165) is 0 Å². The molecule has 3 rings (SSSR count). The number of carbonyl (C=O) groups excluding carboxylic acids is 1. The van der Waals surface area contributed by atoms with Crippen molar-refractivity contribution in [3.05, 3.63) is 58.6 Å². The van der Waals surface area contributed by atoms with Crippen LogP contribution in [0, 0.1) is 11.3 Å². The van der Waals surface area contributed by atoms with Crippen molar-refractivity contribution in [2.75, 3.05) is 12.1 Å². The molecule has 2 aromatic carbocycles. The normalized spacial score (nSPS) is 12.6. The molecule has 0 bridgehead atoms. The van der Waals surface area contributed by atoms with E-state index in [0.29, 0.717) is 27.8 Å². The van der Waals surface area contributed by atoms with Gasteiger partial charge < -0.3 is 14.8 Å². The molecule has 0 spiro atoms. The van der Waals surface area contributed by atoms with Crippen molar-refractivity contribution in [3.8, 4) is 17.6 Å². The van der Waals surface area contributed by atoms with Crippen LogP contribution in [0.4, 0.5) is 5.69 Å². The number of nitrogens with one attached hydrogen (secondary N) is 1. The van der Waals surface area contributed by atoms with Crippen LogP contribution in [0.25, 0.3) is 6.08 Å². The molecule has 1 heterocycles. The van der Waals surface area contributed by atoms with E-state index in [4.69, 9.17) is 21.1 Å². The fraction of sp³-hybridized carbons (Fsp3) is 0.0588. The standard InChI is InChI=1S/C17H11ClN2O3/c18-13-2-4-14(5-3-13)20-17(21)12(9-19)7-11-1-6-15-16(8-11)23-10-22-15/h1-8H,10H2,(H,20,21)/b12-7+. The summed E-state index contributed by atoms with van der Waals surface area (Å²) in [6.07, 6.45) is 1.49. The zero-order chi connectivity index (χ0) is 16.2. The number of rotatable bonds is 3. The number of nitriles is 1. The highest BCUT2D eigenvalue weighted by Gasteiger charge is 2.14. The number of nitrogens with zero attached hydrogens (tertiary/aromatic N) is 1. The Balaban J connectivity index is 1.80. The Labute approximate surface area is 137 Å².